The van der Waals surface area contributed by atoms with Crippen LogP contribution in [-0.2, 0) is 4.79 Å². The number of aliphatic carboxylic acids is 1. The van der Waals surface area contributed by atoms with Crippen LogP contribution in [0.5, 0.6) is 0 Å². The molecule has 0 bridgehead atoms. The maximum atomic E-state index is 13.2. The standard InChI is InChI=1S/C14H17FN4O2/c1-3-4-11(8-13(20)21)19-14(16-17-18-19)12-6-5-10(15)7-9(12)2/h5-7,11H,3-4,8H2,1-2H3,(H,20,21). The van der Waals surface area contributed by atoms with E-state index in [1.807, 2.05) is 6.92 Å². The normalized spacial score (nSPS) is 12.3. The van der Waals surface area contributed by atoms with E-state index in [2.05, 4.69) is 15.5 Å². The molecule has 0 amide bonds. The van der Waals surface area contributed by atoms with E-state index in [0.717, 1.165) is 6.42 Å². The van der Waals surface area contributed by atoms with Gasteiger partial charge in [-0.2, -0.15) is 0 Å². The Bertz CT molecular complexity index is 642. The molecule has 1 unspecified atom stereocenters. The molecular formula is C14H17FN4O2. The zero-order valence-corrected chi connectivity index (χ0v) is 12.0. The largest absolute Gasteiger partial charge is 0.481 e. The number of benzene rings is 1. The molecule has 1 aromatic carbocycles. The van der Waals surface area contributed by atoms with Crippen molar-refractivity contribution in [3.05, 3.63) is 29.6 Å². The highest BCUT2D eigenvalue weighted by atomic mass is 19.1. The van der Waals surface area contributed by atoms with Crippen molar-refractivity contribution in [1.29, 1.82) is 0 Å². The lowest BCUT2D eigenvalue weighted by atomic mass is 10.1. The van der Waals surface area contributed by atoms with Crippen LogP contribution in [0.1, 0.15) is 37.8 Å². The summed E-state index contributed by atoms with van der Waals surface area (Å²) >= 11 is 0. The Hall–Kier alpha value is -2.31. The van der Waals surface area contributed by atoms with Crippen LogP contribution in [0.25, 0.3) is 11.4 Å². The molecule has 112 valence electrons. The third kappa shape index (κ3) is 3.42. The molecule has 1 N–H and O–H groups in total. The molecular weight excluding hydrogens is 275 g/mol. The Morgan fingerprint density at radius 3 is 2.86 bits per heavy atom. The third-order valence-corrected chi connectivity index (χ3v) is 3.30. The number of halogens is 1. The molecule has 0 aliphatic heterocycles. The van der Waals surface area contributed by atoms with Crippen LogP contribution in [-0.4, -0.2) is 31.3 Å². The molecule has 21 heavy (non-hydrogen) atoms. The predicted octanol–water partition coefficient (Wildman–Crippen LogP) is 2.60. The molecule has 0 aliphatic carbocycles. The Morgan fingerprint density at radius 1 is 1.48 bits per heavy atom. The van der Waals surface area contributed by atoms with Crippen molar-refractivity contribution in [3.63, 3.8) is 0 Å². The molecule has 0 spiro atoms. The van der Waals surface area contributed by atoms with E-state index in [1.54, 1.807) is 13.0 Å². The highest BCUT2D eigenvalue weighted by Gasteiger charge is 2.21. The van der Waals surface area contributed by atoms with Gasteiger partial charge in [0.2, 0.25) is 0 Å². The highest BCUT2D eigenvalue weighted by molar-refractivity contribution is 5.67. The lowest BCUT2D eigenvalue weighted by Gasteiger charge is -2.16. The first-order valence-corrected chi connectivity index (χ1v) is 6.79. The summed E-state index contributed by atoms with van der Waals surface area (Å²) in [6, 6.07) is 4.03. The van der Waals surface area contributed by atoms with Crippen LogP contribution in [0.3, 0.4) is 0 Å². The van der Waals surface area contributed by atoms with Gasteiger partial charge in [-0.25, -0.2) is 9.07 Å². The van der Waals surface area contributed by atoms with Gasteiger partial charge in [0.15, 0.2) is 5.82 Å². The van der Waals surface area contributed by atoms with Crippen molar-refractivity contribution in [3.8, 4) is 11.4 Å². The third-order valence-electron chi connectivity index (χ3n) is 3.30. The number of nitrogens with zero attached hydrogens (tertiary/aromatic N) is 4. The molecule has 6 nitrogen and oxygen atoms in total. The van der Waals surface area contributed by atoms with Gasteiger partial charge in [-0.3, -0.25) is 4.79 Å². The summed E-state index contributed by atoms with van der Waals surface area (Å²) in [4.78, 5) is 11.0. The van der Waals surface area contributed by atoms with Crippen LogP contribution in [0.2, 0.25) is 0 Å². The minimum atomic E-state index is -0.897. The summed E-state index contributed by atoms with van der Waals surface area (Å²) in [5.74, 6) is -0.760. The number of aryl methyl sites for hydroxylation is 1. The summed E-state index contributed by atoms with van der Waals surface area (Å²) in [5.41, 5.74) is 1.41. The molecule has 1 heterocycles. The van der Waals surface area contributed by atoms with E-state index in [0.29, 0.717) is 23.4 Å². The summed E-state index contributed by atoms with van der Waals surface area (Å²) < 4.78 is 14.7. The van der Waals surface area contributed by atoms with Crippen molar-refractivity contribution in [2.24, 2.45) is 0 Å². The number of carbonyl (C=O) groups is 1. The fraction of sp³-hybridized carbons (Fsp3) is 0.429. The zero-order valence-electron chi connectivity index (χ0n) is 12.0. The minimum absolute atomic E-state index is 0.0495. The van der Waals surface area contributed by atoms with E-state index >= 15 is 0 Å². The zero-order chi connectivity index (χ0) is 15.4. The van der Waals surface area contributed by atoms with Crippen molar-refractivity contribution in [1.82, 2.24) is 20.2 Å². The fourth-order valence-corrected chi connectivity index (χ4v) is 2.34. The molecule has 7 heteroatoms. The van der Waals surface area contributed by atoms with Crippen LogP contribution in [0.15, 0.2) is 18.2 Å². The van der Waals surface area contributed by atoms with Gasteiger partial charge in [-0.15, -0.1) is 5.10 Å². The van der Waals surface area contributed by atoms with Gasteiger partial charge in [0.1, 0.15) is 5.82 Å². The maximum absolute atomic E-state index is 13.2. The van der Waals surface area contributed by atoms with Gasteiger partial charge in [0.25, 0.3) is 0 Å². The molecule has 2 rings (SSSR count). The SMILES string of the molecule is CCCC(CC(=O)O)n1nnnc1-c1ccc(F)cc1C. The molecule has 1 aromatic heterocycles. The summed E-state index contributed by atoms with van der Waals surface area (Å²) in [7, 11) is 0. The molecule has 1 atom stereocenters. The number of hydrogen-bond acceptors (Lipinski definition) is 4. The lowest BCUT2D eigenvalue weighted by Crippen LogP contribution is -2.16. The van der Waals surface area contributed by atoms with E-state index < -0.39 is 5.97 Å². The number of tetrazole rings is 1. The van der Waals surface area contributed by atoms with Gasteiger partial charge in [-0.1, -0.05) is 13.3 Å². The van der Waals surface area contributed by atoms with Gasteiger partial charge >= 0.3 is 5.97 Å². The smallest absolute Gasteiger partial charge is 0.305 e. The fourth-order valence-electron chi connectivity index (χ4n) is 2.34. The molecule has 0 aliphatic rings. The number of carboxylic acids is 1. The molecule has 0 saturated carbocycles. The molecule has 0 radical (unpaired) electrons. The van der Waals surface area contributed by atoms with E-state index in [9.17, 15) is 9.18 Å². The van der Waals surface area contributed by atoms with Gasteiger partial charge in [-0.05, 0) is 47.5 Å². The first kappa shape index (κ1) is 15.1. The molecule has 2 aromatic rings. The van der Waals surface area contributed by atoms with E-state index in [-0.39, 0.29) is 18.3 Å². The van der Waals surface area contributed by atoms with Crippen molar-refractivity contribution in [2.75, 3.05) is 0 Å². The Kier molecular flexibility index (Phi) is 4.62. The molecule has 0 saturated heterocycles. The summed E-state index contributed by atoms with van der Waals surface area (Å²) in [5, 5.41) is 20.6. The Morgan fingerprint density at radius 2 is 2.24 bits per heavy atom. The highest BCUT2D eigenvalue weighted by Crippen LogP contribution is 2.26. The predicted molar refractivity (Wildman–Crippen MR) is 74.1 cm³/mol. The Labute approximate surface area is 121 Å². The van der Waals surface area contributed by atoms with Crippen LogP contribution in [0.4, 0.5) is 4.39 Å². The van der Waals surface area contributed by atoms with Gasteiger partial charge in [0.05, 0.1) is 12.5 Å². The second kappa shape index (κ2) is 6.43. The number of rotatable bonds is 6. The lowest BCUT2D eigenvalue weighted by molar-refractivity contribution is -0.138. The average molecular weight is 292 g/mol. The Balaban J connectivity index is 2.42. The average Bonchev–Trinajstić information content (AvgIpc) is 2.86. The second-order valence-corrected chi connectivity index (χ2v) is 4.95. The number of carboxylic acid groups (broad SMARTS) is 1. The van der Waals surface area contributed by atoms with Crippen molar-refractivity contribution >= 4 is 5.97 Å². The molecule has 0 fully saturated rings. The summed E-state index contributed by atoms with van der Waals surface area (Å²) in [6.07, 6.45) is 1.43. The van der Waals surface area contributed by atoms with Crippen LogP contribution in [0, 0.1) is 12.7 Å². The van der Waals surface area contributed by atoms with E-state index in [1.165, 1.54) is 16.8 Å². The first-order chi connectivity index (χ1) is 10.0. The van der Waals surface area contributed by atoms with Crippen molar-refractivity contribution in [2.45, 2.75) is 39.2 Å². The number of hydrogen-bond donors (Lipinski definition) is 1. The van der Waals surface area contributed by atoms with Crippen LogP contribution >= 0.6 is 0 Å². The van der Waals surface area contributed by atoms with Gasteiger partial charge in [0, 0.05) is 5.56 Å². The second-order valence-electron chi connectivity index (χ2n) is 4.95. The summed E-state index contributed by atoms with van der Waals surface area (Å²) in [6.45, 7) is 3.74. The quantitative estimate of drug-likeness (QED) is 0.885. The topological polar surface area (TPSA) is 80.9 Å². The van der Waals surface area contributed by atoms with Crippen LogP contribution < -0.4 is 0 Å². The number of aromatic nitrogens is 4. The maximum Gasteiger partial charge on any atom is 0.305 e. The van der Waals surface area contributed by atoms with Gasteiger partial charge < -0.3 is 5.11 Å². The monoisotopic (exact) mass is 292 g/mol. The first-order valence-electron chi connectivity index (χ1n) is 6.79. The minimum Gasteiger partial charge on any atom is -0.481 e. The van der Waals surface area contributed by atoms with E-state index in [4.69, 9.17) is 5.11 Å². The van der Waals surface area contributed by atoms with Crippen molar-refractivity contribution < 1.29 is 14.3 Å².